The zero-order valence-electron chi connectivity index (χ0n) is 8.57. The first-order valence-corrected chi connectivity index (χ1v) is 4.92. The van der Waals surface area contributed by atoms with Crippen molar-refractivity contribution in [3.05, 3.63) is 11.8 Å². The molecule has 1 atom stereocenters. The molecule has 1 aliphatic rings. The Balaban J connectivity index is 2.00. The first-order chi connectivity index (χ1) is 6.84. The molecule has 0 aliphatic carbocycles. The summed E-state index contributed by atoms with van der Waals surface area (Å²) in [5, 5.41) is 9.60. The van der Waals surface area contributed by atoms with Gasteiger partial charge in [0, 0.05) is 26.6 Å². The molecule has 1 aliphatic heterocycles. The van der Waals surface area contributed by atoms with Gasteiger partial charge in [-0.25, -0.2) is 0 Å². The molecule has 0 spiro atoms. The molecular formula is C10H18O4. The number of ether oxygens (including phenoxy) is 3. The highest BCUT2D eigenvalue weighted by molar-refractivity contribution is 5.03. The van der Waals surface area contributed by atoms with Crippen molar-refractivity contribution in [2.24, 2.45) is 0 Å². The molecule has 0 bridgehead atoms. The van der Waals surface area contributed by atoms with E-state index in [2.05, 4.69) is 0 Å². The van der Waals surface area contributed by atoms with E-state index in [1.807, 2.05) is 6.08 Å². The Labute approximate surface area is 84.5 Å². The first kappa shape index (κ1) is 11.5. The lowest BCUT2D eigenvalue weighted by Crippen LogP contribution is -2.15. The van der Waals surface area contributed by atoms with Gasteiger partial charge in [-0.2, -0.15) is 0 Å². The number of aliphatic hydroxyl groups is 1. The van der Waals surface area contributed by atoms with Crippen LogP contribution in [-0.4, -0.2) is 44.7 Å². The van der Waals surface area contributed by atoms with E-state index in [0.29, 0.717) is 38.6 Å². The molecule has 0 amide bonds. The SMILES string of the molecule is COCCOCCC(O)C1=CCCO1. The molecule has 14 heavy (non-hydrogen) atoms. The van der Waals surface area contributed by atoms with Crippen LogP contribution in [0.25, 0.3) is 0 Å². The van der Waals surface area contributed by atoms with E-state index < -0.39 is 6.10 Å². The number of hydrogen-bond acceptors (Lipinski definition) is 4. The Hall–Kier alpha value is -0.580. The number of aliphatic hydroxyl groups excluding tert-OH is 1. The Kier molecular flexibility index (Phi) is 5.59. The molecular weight excluding hydrogens is 184 g/mol. The molecule has 1 heterocycles. The normalized spacial score (nSPS) is 17.7. The predicted octanol–water partition coefficient (Wildman–Crippen LogP) is 0.705. The molecule has 0 aromatic heterocycles. The topological polar surface area (TPSA) is 47.9 Å². The standard InChI is InChI=1S/C10H18O4/c1-12-7-8-13-6-4-9(11)10-3-2-5-14-10/h3,9,11H,2,4-8H2,1H3. The molecule has 1 rings (SSSR count). The van der Waals surface area contributed by atoms with Crippen molar-refractivity contribution < 1.29 is 19.3 Å². The average Bonchev–Trinajstić information content (AvgIpc) is 2.70. The van der Waals surface area contributed by atoms with E-state index in [0.717, 1.165) is 6.42 Å². The third kappa shape index (κ3) is 4.09. The van der Waals surface area contributed by atoms with Crippen LogP contribution in [-0.2, 0) is 14.2 Å². The van der Waals surface area contributed by atoms with Crippen molar-refractivity contribution in [2.45, 2.75) is 18.9 Å². The minimum Gasteiger partial charge on any atom is -0.495 e. The molecule has 0 saturated heterocycles. The monoisotopic (exact) mass is 202 g/mol. The highest BCUT2D eigenvalue weighted by Gasteiger charge is 2.15. The van der Waals surface area contributed by atoms with Gasteiger partial charge in [-0.05, 0) is 6.08 Å². The maximum atomic E-state index is 9.60. The Bertz CT molecular complexity index is 179. The van der Waals surface area contributed by atoms with Gasteiger partial charge < -0.3 is 19.3 Å². The van der Waals surface area contributed by atoms with Crippen molar-refractivity contribution in [2.75, 3.05) is 33.5 Å². The Morgan fingerprint density at radius 3 is 3.00 bits per heavy atom. The van der Waals surface area contributed by atoms with Crippen LogP contribution in [0.4, 0.5) is 0 Å². The van der Waals surface area contributed by atoms with Crippen molar-refractivity contribution >= 4 is 0 Å². The average molecular weight is 202 g/mol. The summed E-state index contributed by atoms with van der Waals surface area (Å²) in [5.41, 5.74) is 0. The quantitative estimate of drug-likeness (QED) is 0.617. The van der Waals surface area contributed by atoms with Gasteiger partial charge in [0.05, 0.1) is 19.8 Å². The van der Waals surface area contributed by atoms with Gasteiger partial charge in [-0.1, -0.05) is 0 Å². The van der Waals surface area contributed by atoms with Gasteiger partial charge in [0.25, 0.3) is 0 Å². The Morgan fingerprint density at radius 1 is 1.50 bits per heavy atom. The molecule has 0 fully saturated rings. The third-order valence-corrected chi connectivity index (χ3v) is 2.03. The predicted molar refractivity (Wildman–Crippen MR) is 52.0 cm³/mol. The molecule has 0 saturated carbocycles. The minimum absolute atomic E-state index is 0.514. The number of methoxy groups -OCH3 is 1. The van der Waals surface area contributed by atoms with E-state index >= 15 is 0 Å². The summed E-state index contributed by atoms with van der Waals surface area (Å²) in [6.07, 6.45) is 2.90. The van der Waals surface area contributed by atoms with Gasteiger partial charge in [0.2, 0.25) is 0 Å². The van der Waals surface area contributed by atoms with Crippen LogP contribution in [0.3, 0.4) is 0 Å². The fourth-order valence-electron chi connectivity index (χ4n) is 1.25. The van der Waals surface area contributed by atoms with Crippen LogP contribution in [0.2, 0.25) is 0 Å². The van der Waals surface area contributed by atoms with Gasteiger partial charge in [0.15, 0.2) is 0 Å². The molecule has 4 nitrogen and oxygen atoms in total. The summed E-state index contributed by atoms with van der Waals surface area (Å²) in [4.78, 5) is 0. The molecule has 0 radical (unpaired) electrons. The number of rotatable bonds is 7. The second-order valence-electron chi connectivity index (χ2n) is 3.15. The first-order valence-electron chi connectivity index (χ1n) is 4.92. The Morgan fingerprint density at radius 2 is 2.36 bits per heavy atom. The van der Waals surface area contributed by atoms with Crippen LogP contribution in [0.5, 0.6) is 0 Å². The zero-order valence-corrected chi connectivity index (χ0v) is 8.57. The zero-order chi connectivity index (χ0) is 10.2. The summed E-state index contributed by atoms with van der Waals surface area (Å²) in [6, 6.07) is 0. The van der Waals surface area contributed by atoms with E-state index in [9.17, 15) is 5.11 Å². The molecule has 0 aromatic rings. The minimum atomic E-state index is -0.514. The highest BCUT2D eigenvalue weighted by atomic mass is 16.5. The summed E-state index contributed by atoms with van der Waals surface area (Å²) >= 11 is 0. The largest absolute Gasteiger partial charge is 0.495 e. The summed E-state index contributed by atoms with van der Waals surface area (Å²) in [5.74, 6) is 0.695. The van der Waals surface area contributed by atoms with Crippen molar-refractivity contribution in [3.63, 3.8) is 0 Å². The van der Waals surface area contributed by atoms with Gasteiger partial charge in [-0.15, -0.1) is 0 Å². The molecule has 82 valence electrons. The molecule has 4 heteroatoms. The van der Waals surface area contributed by atoms with E-state index in [4.69, 9.17) is 14.2 Å². The van der Waals surface area contributed by atoms with Crippen molar-refractivity contribution in [3.8, 4) is 0 Å². The number of hydrogen-bond donors (Lipinski definition) is 1. The lowest BCUT2D eigenvalue weighted by atomic mass is 10.2. The lowest BCUT2D eigenvalue weighted by molar-refractivity contribution is 0.0418. The highest BCUT2D eigenvalue weighted by Crippen LogP contribution is 2.15. The second-order valence-corrected chi connectivity index (χ2v) is 3.15. The maximum absolute atomic E-state index is 9.60. The van der Waals surface area contributed by atoms with Gasteiger partial charge in [-0.3, -0.25) is 0 Å². The second kappa shape index (κ2) is 6.81. The fourth-order valence-corrected chi connectivity index (χ4v) is 1.25. The van der Waals surface area contributed by atoms with Gasteiger partial charge in [0.1, 0.15) is 11.9 Å². The van der Waals surface area contributed by atoms with Crippen molar-refractivity contribution in [1.82, 2.24) is 0 Å². The summed E-state index contributed by atoms with van der Waals surface area (Å²) in [6.45, 7) is 2.39. The van der Waals surface area contributed by atoms with E-state index in [-0.39, 0.29) is 0 Å². The smallest absolute Gasteiger partial charge is 0.121 e. The van der Waals surface area contributed by atoms with Crippen LogP contribution in [0.1, 0.15) is 12.8 Å². The lowest BCUT2D eigenvalue weighted by Gasteiger charge is -2.11. The molecule has 1 N–H and O–H groups in total. The molecule has 0 aromatic carbocycles. The van der Waals surface area contributed by atoms with Crippen LogP contribution < -0.4 is 0 Å². The van der Waals surface area contributed by atoms with Crippen LogP contribution in [0, 0.1) is 0 Å². The fraction of sp³-hybridized carbons (Fsp3) is 0.800. The van der Waals surface area contributed by atoms with E-state index in [1.165, 1.54) is 0 Å². The third-order valence-electron chi connectivity index (χ3n) is 2.03. The maximum Gasteiger partial charge on any atom is 0.121 e. The summed E-state index contributed by atoms with van der Waals surface area (Å²) in [7, 11) is 1.63. The summed E-state index contributed by atoms with van der Waals surface area (Å²) < 4.78 is 15.3. The van der Waals surface area contributed by atoms with Gasteiger partial charge >= 0.3 is 0 Å². The van der Waals surface area contributed by atoms with E-state index in [1.54, 1.807) is 7.11 Å². The molecule has 1 unspecified atom stereocenters. The van der Waals surface area contributed by atoms with Crippen LogP contribution >= 0.6 is 0 Å². The van der Waals surface area contributed by atoms with Crippen molar-refractivity contribution in [1.29, 1.82) is 0 Å². The van der Waals surface area contributed by atoms with Crippen LogP contribution in [0.15, 0.2) is 11.8 Å².